The van der Waals surface area contributed by atoms with Crippen molar-refractivity contribution in [2.45, 2.75) is 0 Å². The van der Waals surface area contributed by atoms with Gasteiger partial charge >= 0.3 is 0 Å². The first-order valence-corrected chi connectivity index (χ1v) is 6.90. The molecule has 24 heavy (non-hydrogen) atoms. The van der Waals surface area contributed by atoms with Crippen molar-refractivity contribution in [3.05, 3.63) is 63.7 Å². The van der Waals surface area contributed by atoms with Crippen LogP contribution in [0.1, 0.15) is 11.1 Å². The summed E-state index contributed by atoms with van der Waals surface area (Å²) in [6, 6.07) is 13.3. The molecule has 0 unspecified atom stereocenters. The summed E-state index contributed by atoms with van der Waals surface area (Å²) in [4.78, 5) is 14.8. The number of terminal acetylenes is 1. The van der Waals surface area contributed by atoms with Gasteiger partial charge in [-0.25, -0.2) is 4.98 Å². The van der Waals surface area contributed by atoms with E-state index in [2.05, 4.69) is 10.9 Å². The van der Waals surface area contributed by atoms with Gasteiger partial charge in [-0.15, -0.1) is 6.42 Å². The van der Waals surface area contributed by atoms with Crippen LogP contribution in [0.5, 0.6) is 0 Å². The molecule has 0 atom stereocenters. The maximum atomic E-state index is 11.1. The Bertz CT molecular complexity index is 1070. The van der Waals surface area contributed by atoms with E-state index < -0.39 is 4.92 Å². The van der Waals surface area contributed by atoms with Crippen molar-refractivity contribution < 1.29 is 4.92 Å². The molecular formula is C18H10N4O2. The first-order chi connectivity index (χ1) is 11.5. The van der Waals surface area contributed by atoms with Crippen LogP contribution in [-0.4, -0.2) is 9.91 Å². The van der Waals surface area contributed by atoms with Crippen LogP contribution in [0.3, 0.4) is 0 Å². The minimum Gasteiger partial charge on any atom is -0.383 e. The molecule has 3 rings (SSSR count). The van der Waals surface area contributed by atoms with E-state index in [-0.39, 0.29) is 17.1 Å². The Kier molecular flexibility index (Phi) is 3.57. The van der Waals surface area contributed by atoms with Crippen LogP contribution in [0.4, 0.5) is 11.5 Å². The minimum atomic E-state index is -0.497. The van der Waals surface area contributed by atoms with E-state index in [0.29, 0.717) is 27.6 Å². The summed E-state index contributed by atoms with van der Waals surface area (Å²) in [6.07, 6.45) is 5.43. The summed E-state index contributed by atoms with van der Waals surface area (Å²) >= 11 is 0. The highest BCUT2D eigenvalue weighted by molar-refractivity contribution is 6.00. The van der Waals surface area contributed by atoms with E-state index in [1.807, 2.05) is 6.07 Å². The van der Waals surface area contributed by atoms with Crippen LogP contribution < -0.4 is 5.73 Å². The molecule has 6 heteroatoms. The maximum Gasteiger partial charge on any atom is 0.270 e. The zero-order valence-electron chi connectivity index (χ0n) is 12.4. The van der Waals surface area contributed by atoms with Gasteiger partial charge in [0.25, 0.3) is 5.69 Å². The molecule has 0 saturated carbocycles. The number of nitro benzene ring substituents is 1. The molecule has 3 aromatic rings. The summed E-state index contributed by atoms with van der Waals surface area (Å²) in [6.45, 7) is 0. The fourth-order valence-electron chi connectivity index (χ4n) is 2.56. The lowest BCUT2D eigenvalue weighted by molar-refractivity contribution is -0.384. The average Bonchev–Trinajstić information content (AvgIpc) is 2.60. The van der Waals surface area contributed by atoms with E-state index in [1.165, 1.54) is 18.2 Å². The molecule has 0 aliphatic heterocycles. The maximum absolute atomic E-state index is 11.1. The van der Waals surface area contributed by atoms with Gasteiger partial charge in [0.2, 0.25) is 0 Å². The SMILES string of the molecule is C#Cc1cccc(-c2c(C#N)c(N)nc3ccc([N+](=O)[O-])cc23)c1. The number of nitrogens with zero attached hydrogens (tertiary/aromatic N) is 3. The number of hydrogen-bond acceptors (Lipinski definition) is 5. The third kappa shape index (κ3) is 2.39. The summed E-state index contributed by atoms with van der Waals surface area (Å²) < 4.78 is 0. The fourth-order valence-corrected chi connectivity index (χ4v) is 2.56. The minimum absolute atomic E-state index is 0.0694. The van der Waals surface area contributed by atoms with Crippen molar-refractivity contribution in [1.82, 2.24) is 4.98 Å². The van der Waals surface area contributed by atoms with E-state index in [0.717, 1.165) is 0 Å². The molecule has 114 valence electrons. The molecule has 0 bridgehead atoms. The Morgan fingerprint density at radius 1 is 1.25 bits per heavy atom. The van der Waals surface area contributed by atoms with Crippen molar-refractivity contribution in [3.63, 3.8) is 0 Å². The van der Waals surface area contributed by atoms with Crippen molar-refractivity contribution in [1.29, 1.82) is 5.26 Å². The number of non-ortho nitro benzene ring substituents is 1. The second-order valence-electron chi connectivity index (χ2n) is 5.04. The summed E-state index contributed by atoms with van der Waals surface area (Å²) in [5, 5.41) is 21.0. The highest BCUT2D eigenvalue weighted by atomic mass is 16.6. The Morgan fingerprint density at radius 3 is 2.71 bits per heavy atom. The van der Waals surface area contributed by atoms with Crippen LogP contribution in [0.15, 0.2) is 42.5 Å². The van der Waals surface area contributed by atoms with E-state index in [1.54, 1.807) is 24.3 Å². The topological polar surface area (TPSA) is 106 Å². The summed E-state index contributed by atoms with van der Waals surface area (Å²) in [5.41, 5.74) is 8.21. The molecule has 0 fully saturated rings. The lowest BCUT2D eigenvalue weighted by Gasteiger charge is -2.11. The van der Waals surface area contributed by atoms with Crippen LogP contribution in [0, 0.1) is 33.8 Å². The first-order valence-electron chi connectivity index (χ1n) is 6.90. The second kappa shape index (κ2) is 5.71. The quantitative estimate of drug-likeness (QED) is 0.444. The van der Waals surface area contributed by atoms with Crippen molar-refractivity contribution in [2.75, 3.05) is 5.73 Å². The van der Waals surface area contributed by atoms with Gasteiger partial charge in [0.15, 0.2) is 0 Å². The van der Waals surface area contributed by atoms with Crippen LogP contribution >= 0.6 is 0 Å². The zero-order valence-corrected chi connectivity index (χ0v) is 12.4. The normalized spacial score (nSPS) is 10.1. The van der Waals surface area contributed by atoms with Crippen LogP contribution in [0.2, 0.25) is 0 Å². The van der Waals surface area contributed by atoms with Crippen LogP contribution in [-0.2, 0) is 0 Å². The number of rotatable bonds is 2. The van der Waals surface area contributed by atoms with Crippen molar-refractivity contribution >= 4 is 22.4 Å². The number of pyridine rings is 1. The summed E-state index contributed by atoms with van der Waals surface area (Å²) in [5.74, 6) is 2.60. The van der Waals surface area contributed by atoms with Gasteiger partial charge in [-0.3, -0.25) is 10.1 Å². The number of nitro groups is 1. The van der Waals surface area contributed by atoms with Gasteiger partial charge in [0, 0.05) is 28.6 Å². The number of nitrogens with two attached hydrogens (primary N) is 1. The molecule has 0 aliphatic carbocycles. The molecule has 2 N–H and O–H groups in total. The lowest BCUT2D eigenvalue weighted by atomic mass is 9.95. The largest absolute Gasteiger partial charge is 0.383 e. The van der Waals surface area contributed by atoms with Crippen molar-refractivity contribution in [3.8, 4) is 29.5 Å². The Labute approximate surface area is 137 Å². The Hall–Kier alpha value is -3.90. The standard InChI is InChI=1S/C18H10N4O2/c1-2-11-4-3-5-12(8-11)17-14-9-13(22(23)24)6-7-16(14)21-18(20)15(17)10-19/h1,3-9H,(H2,20,21). The molecule has 0 spiro atoms. The van der Waals surface area contributed by atoms with Gasteiger partial charge in [0.05, 0.1) is 10.4 Å². The number of anilines is 1. The number of fused-ring (bicyclic) bond motifs is 1. The molecule has 6 nitrogen and oxygen atoms in total. The number of nitrogen functional groups attached to an aromatic ring is 1. The van der Waals surface area contributed by atoms with Gasteiger partial charge in [-0.05, 0) is 23.8 Å². The number of hydrogen-bond donors (Lipinski definition) is 1. The molecule has 2 aromatic carbocycles. The Balaban J connectivity index is 2.46. The second-order valence-corrected chi connectivity index (χ2v) is 5.04. The van der Waals surface area contributed by atoms with E-state index in [4.69, 9.17) is 12.2 Å². The first kappa shape index (κ1) is 15.0. The average molecular weight is 314 g/mol. The monoisotopic (exact) mass is 314 g/mol. The van der Waals surface area contributed by atoms with E-state index >= 15 is 0 Å². The van der Waals surface area contributed by atoms with Gasteiger partial charge < -0.3 is 5.73 Å². The number of benzene rings is 2. The van der Waals surface area contributed by atoms with Gasteiger partial charge in [-0.2, -0.15) is 5.26 Å². The predicted molar refractivity (Wildman–Crippen MR) is 90.9 cm³/mol. The molecule has 0 amide bonds. The van der Waals surface area contributed by atoms with Crippen molar-refractivity contribution in [2.24, 2.45) is 0 Å². The van der Waals surface area contributed by atoms with E-state index in [9.17, 15) is 15.4 Å². The fraction of sp³-hybridized carbons (Fsp3) is 0. The lowest BCUT2D eigenvalue weighted by Crippen LogP contribution is -2.00. The smallest absolute Gasteiger partial charge is 0.270 e. The number of aromatic nitrogens is 1. The Morgan fingerprint density at radius 2 is 2.04 bits per heavy atom. The molecular weight excluding hydrogens is 304 g/mol. The highest BCUT2D eigenvalue weighted by Crippen LogP contribution is 2.35. The molecule has 0 saturated heterocycles. The predicted octanol–water partition coefficient (Wildman–Crippen LogP) is 3.25. The summed E-state index contributed by atoms with van der Waals surface area (Å²) in [7, 11) is 0. The molecule has 0 aliphatic rings. The van der Waals surface area contributed by atoms with Gasteiger partial charge in [0.1, 0.15) is 17.5 Å². The molecule has 1 heterocycles. The highest BCUT2D eigenvalue weighted by Gasteiger charge is 2.18. The zero-order chi connectivity index (χ0) is 17.3. The number of nitriles is 1. The molecule has 1 aromatic heterocycles. The third-order valence-corrected chi connectivity index (χ3v) is 3.64. The van der Waals surface area contributed by atoms with Crippen LogP contribution in [0.25, 0.3) is 22.0 Å². The molecule has 0 radical (unpaired) electrons. The third-order valence-electron chi connectivity index (χ3n) is 3.64. The van der Waals surface area contributed by atoms with Gasteiger partial charge in [-0.1, -0.05) is 18.1 Å².